The Morgan fingerprint density at radius 3 is 2.48 bits per heavy atom. The average molecular weight is 600 g/mol. The van der Waals surface area contributed by atoms with Crippen LogP contribution in [0.4, 0.5) is 13.2 Å². The molecule has 218 valence electrons. The van der Waals surface area contributed by atoms with E-state index >= 15 is 0 Å². The molecule has 1 fully saturated rings. The van der Waals surface area contributed by atoms with Gasteiger partial charge in [-0.3, -0.25) is 4.79 Å². The van der Waals surface area contributed by atoms with Crippen molar-refractivity contribution in [2.24, 2.45) is 5.41 Å². The number of alkyl halides is 3. The van der Waals surface area contributed by atoms with Crippen molar-refractivity contribution in [2.45, 2.75) is 39.1 Å². The lowest BCUT2D eigenvalue weighted by Crippen LogP contribution is -2.43. The fourth-order valence-electron chi connectivity index (χ4n) is 4.35. The van der Waals surface area contributed by atoms with Crippen LogP contribution in [0.2, 0.25) is 5.02 Å². The maximum atomic E-state index is 13.5. The zero-order valence-corrected chi connectivity index (χ0v) is 24.4. The highest BCUT2D eigenvalue weighted by molar-refractivity contribution is 8.32. The molecule has 1 aromatic carbocycles. The third-order valence-corrected chi connectivity index (χ3v) is 8.71. The number of ether oxygens (including phenoxy) is 2. The van der Waals surface area contributed by atoms with Crippen LogP contribution in [0.25, 0.3) is 22.5 Å². The summed E-state index contributed by atoms with van der Waals surface area (Å²) < 4.78 is 53.2. The fourth-order valence-corrected chi connectivity index (χ4v) is 5.23. The van der Waals surface area contributed by atoms with Gasteiger partial charge < -0.3 is 19.1 Å². The molecule has 0 aliphatic heterocycles. The zero-order chi connectivity index (χ0) is 29.3. The van der Waals surface area contributed by atoms with Crippen LogP contribution in [0.5, 0.6) is 5.88 Å². The average Bonchev–Trinajstić information content (AvgIpc) is 3.25. The molecular weight excluding hydrogens is 567 g/mol. The number of imidazole rings is 1. The van der Waals surface area contributed by atoms with Crippen LogP contribution < -0.4 is 4.74 Å². The van der Waals surface area contributed by atoms with Gasteiger partial charge in [-0.25, -0.2) is 20.0 Å². The summed E-state index contributed by atoms with van der Waals surface area (Å²) in [6.07, 6.45) is 6.38. The quantitative estimate of drug-likeness (QED) is 0.241. The van der Waals surface area contributed by atoms with Crippen molar-refractivity contribution in [1.29, 1.82) is 0 Å². The largest absolute Gasteiger partial charge is 0.481 e. The first-order chi connectivity index (χ1) is 18.7. The molecule has 40 heavy (non-hydrogen) atoms. The lowest BCUT2D eigenvalue weighted by molar-refractivity contribution is -0.157. The van der Waals surface area contributed by atoms with E-state index < -0.39 is 33.3 Å². The number of hydrogen-bond donors (Lipinski definition) is 1. The lowest BCUT2D eigenvalue weighted by Gasteiger charge is -2.36. The predicted octanol–water partition coefficient (Wildman–Crippen LogP) is 6.89. The molecule has 7 nitrogen and oxygen atoms in total. The van der Waals surface area contributed by atoms with E-state index in [4.69, 9.17) is 21.1 Å². The second kappa shape index (κ2) is 11.6. The molecule has 0 spiro atoms. The standard InChI is InChI=1S/C28H33ClF3N3O4S/c1-18-12-24(39-16-27(26(36)37)8-5-9-27)33-14-21(18)19-6-7-20(22(29)13-19)25-34-23(28(30,31)32)15-35(25)17-38-10-11-40(2,3)4/h6-7,12-15H,5,8-11,16-17H2,1-4H3,(H,36,37). The van der Waals surface area contributed by atoms with Gasteiger partial charge in [-0.1, -0.05) is 24.1 Å². The second-order valence-electron chi connectivity index (χ2n) is 11.0. The van der Waals surface area contributed by atoms with Crippen LogP contribution in [0.1, 0.15) is 30.5 Å². The van der Waals surface area contributed by atoms with E-state index in [-0.39, 0.29) is 24.2 Å². The molecule has 1 aliphatic carbocycles. The van der Waals surface area contributed by atoms with Crippen LogP contribution >= 0.6 is 21.6 Å². The minimum absolute atomic E-state index is 0.0578. The van der Waals surface area contributed by atoms with Crippen LogP contribution in [-0.2, 0) is 22.4 Å². The van der Waals surface area contributed by atoms with Crippen molar-refractivity contribution in [1.82, 2.24) is 14.5 Å². The predicted molar refractivity (Wildman–Crippen MR) is 151 cm³/mol. The third kappa shape index (κ3) is 6.92. The number of pyridine rings is 1. The van der Waals surface area contributed by atoms with Crippen molar-refractivity contribution in [2.75, 3.05) is 37.7 Å². The summed E-state index contributed by atoms with van der Waals surface area (Å²) in [4.78, 5) is 19.8. The molecule has 0 unspecified atom stereocenters. The highest BCUT2D eigenvalue weighted by atomic mass is 35.5. The summed E-state index contributed by atoms with van der Waals surface area (Å²) in [5.74, 6) is 0.360. The SMILES string of the molecule is Cc1cc(OCC2(C(=O)O)CCC2)ncc1-c1ccc(-c2nc(C(F)(F)F)cn2COCCS(C)(C)C)c(Cl)c1. The minimum Gasteiger partial charge on any atom is -0.481 e. The summed E-state index contributed by atoms with van der Waals surface area (Å²) in [5.41, 5.74) is 0.760. The number of carbonyl (C=O) groups is 1. The van der Waals surface area contributed by atoms with E-state index in [1.807, 2.05) is 6.92 Å². The summed E-state index contributed by atoms with van der Waals surface area (Å²) in [6, 6.07) is 6.76. The number of halogens is 4. The number of carboxylic acids is 1. The normalized spacial score (nSPS) is 15.5. The second-order valence-corrected chi connectivity index (χ2v) is 16.0. The highest BCUT2D eigenvalue weighted by Gasteiger charge is 2.45. The van der Waals surface area contributed by atoms with Gasteiger partial charge in [-0.05, 0) is 61.8 Å². The molecular formula is C28H33ClF3N3O4S. The molecule has 0 bridgehead atoms. The molecule has 0 amide bonds. The van der Waals surface area contributed by atoms with Crippen LogP contribution in [0, 0.1) is 12.3 Å². The molecule has 12 heteroatoms. The van der Waals surface area contributed by atoms with E-state index in [1.54, 1.807) is 30.5 Å². The molecule has 0 atom stereocenters. The topological polar surface area (TPSA) is 86.5 Å². The van der Waals surface area contributed by atoms with Gasteiger partial charge in [0.15, 0.2) is 5.69 Å². The van der Waals surface area contributed by atoms with Gasteiger partial charge in [0.1, 0.15) is 24.6 Å². The Hall–Kier alpha value is -2.76. The van der Waals surface area contributed by atoms with Gasteiger partial charge in [0.2, 0.25) is 5.88 Å². The number of carboxylic acid groups (broad SMARTS) is 1. The maximum Gasteiger partial charge on any atom is 0.434 e. The number of aryl methyl sites for hydroxylation is 1. The van der Waals surface area contributed by atoms with Crippen molar-refractivity contribution >= 4 is 27.6 Å². The molecule has 2 aromatic heterocycles. The Bertz CT molecular complexity index is 1380. The van der Waals surface area contributed by atoms with Gasteiger partial charge in [0.25, 0.3) is 0 Å². The third-order valence-electron chi connectivity index (χ3n) is 7.00. The molecule has 1 aliphatic rings. The maximum absolute atomic E-state index is 13.5. The Kier molecular flexibility index (Phi) is 8.77. The van der Waals surface area contributed by atoms with Crippen molar-refractivity contribution in [3.63, 3.8) is 0 Å². The number of aromatic nitrogens is 3. The Morgan fingerprint density at radius 2 is 1.93 bits per heavy atom. The number of rotatable bonds is 11. The highest BCUT2D eigenvalue weighted by Crippen LogP contribution is 2.42. The molecule has 2 heterocycles. The number of aliphatic carboxylic acids is 1. The van der Waals surface area contributed by atoms with Crippen molar-refractivity contribution < 1.29 is 32.5 Å². The number of benzene rings is 1. The zero-order valence-electron chi connectivity index (χ0n) is 22.8. The van der Waals surface area contributed by atoms with Gasteiger partial charge in [-0.15, -0.1) is 0 Å². The molecule has 4 rings (SSSR count). The van der Waals surface area contributed by atoms with Crippen LogP contribution in [0.3, 0.4) is 0 Å². The first-order valence-corrected chi connectivity index (χ1v) is 16.1. The van der Waals surface area contributed by atoms with E-state index in [9.17, 15) is 23.1 Å². The summed E-state index contributed by atoms with van der Waals surface area (Å²) in [6.45, 7) is 2.26. The van der Waals surface area contributed by atoms with Crippen molar-refractivity contribution in [3.8, 4) is 28.4 Å². The van der Waals surface area contributed by atoms with Crippen LogP contribution in [0.15, 0.2) is 36.7 Å². The van der Waals surface area contributed by atoms with Crippen molar-refractivity contribution in [3.05, 3.63) is 52.9 Å². The summed E-state index contributed by atoms with van der Waals surface area (Å²) in [7, 11) is -0.803. The monoisotopic (exact) mass is 599 g/mol. The molecule has 3 aromatic rings. The molecule has 0 saturated heterocycles. The summed E-state index contributed by atoms with van der Waals surface area (Å²) in [5, 5.41) is 9.73. The van der Waals surface area contributed by atoms with Gasteiger partial charge in [0.05, 0.1) is 11.6 Å². The molecule has 1 N–H and O–H groups in total. The molecule has 1 saturated carbocycles. The molecule has 0 radical (unpaired) electrons. The van der Waals surface area contributed by atoms with Crippen LogP contribution in [-0.4, -0.2) is 63.3 Å². The first kappa shape index (κ1) is 30.2. The Morgan fingerprint density at radius 1 is 1.20 bits per heavy atom. The minimum atomic E-state index is -4.61. The van der Waals surface area contributed by atoms with E-state index in [2.05, 4.69) is 28.7 Å². The number of hydrogen-bond acceptors (Lipinski definition) is 5. The lowest BCUT2D eigenvalue weighted by atomic mass is 9.69. The van der Waals surface area contributed by atoms with E-state index in [0.29, 0.717) is 36.5 Å². The first-order valence-electron chi connectivity index (χ1n) is 12.7. The van der Waals surface area contributed by atoms with Gasteiger partial charge >= 0.3 is 12.1 Å². The summed E-state index contributed by atoms with van der Waals surface area (Å²) >= 11 is 6.59. The van der Waals surface area contributed by atoms with E-state index in [0.717, 1.165) is 29.5 Å². The smallest absolute Gasteiger partial charge is 0.434 e. The fraction of sp³-hybridized carbons (Fsp3) is 0.464. The van der Waals surface area contributed by atoms with Gasteiger partial charge in [-0.2, -0.15) is 13.2 Å². The Labute approximate surface area is 238 Å². The number of nitrogens with zero attached hydrogens (tertiary/aromatic N) is 3. The van der Waals surface area contributed by atoms with Gasteiger partial charge in [0, 0.05) is 35.3 Å². The Balaban J connectivity index is 1.54. The van der Waals surface area contributed by atoms with E-state index in [1.165, 1.54) is 4.57 Å².